The van der Waals surface area contributed by atoms with Crippen molar-refractivity contribution in [2.45, 2.75) is 73.0 Å². The minimum atomic E-state index is 0.180. The Labute approximate surface area is 113 Å². The number of aromatic nitrogens is 1. The van der Waals surface area contributed by atoms with E-state index in [1.807, 2.05) is 0 Å². The summed E-state index contributed by atoms with van der Waals surface area (Å²) < 4.78 is 2.35. The second-order valence-corrected chi connectivity index (χ2v) is 7.17. The van der Waals surface area contributed by atoms with Gasteiger partial charge in [0.1, 0.15) is 0 Å². The smallest absolute Gasteiger partial charge is 0.0363 e. The maximum atomic E-state index is 3.70. The molecule has 0 saturated heterocycles. The molecule has 0 unspecified atom stereocenters. The van der Waals surface area contributed by atoms with Gasteiger partial charge in [0.25, 0.3) is 0 Å². The molecule has 0 aliphatic heterocycles. The van der Waals surface area contributed by atoms with Crippen molar-refractivity contribution >= 4 is 0 Å². The fraction of sp³-hybridized carbons (Fsp3) is 0.750. The van der Waals surface area contributed by atoms with Gasteiger partial charge in [-0.15, -0.1) is 0 Å². The van der Waals surface area contributed by atoms with Crippen LogP contribution >= 0.6 is 0 Å². The molecule has 1 aromatic rings. The van der Waals surface area contributed by atoms with Gasteiger partial charge >= 0.3 is 0 Å². The van der Waals surface area contributed by atoms with E-state index in [1.165, 1.54) is 18.5 Å². The third kappa shape index (κ3) is 5.26. The summed E-state index contributed by atoms with van der Waals surface area (Å²) in [5.41, 5.74) is 1.93. The van der Waals surface area contributed by atoms with Crippen LogP contribution in [0.2, 0.25) is 0 Å². The molecule has 18 heavy (non-hydrogen) atoms. The van der Waals surface area contributed by atoms with E-state index in [9.17, 15) is 0 Å². The van der Waals surface area contributed by atoms with Crippen molar-refractivity contribution in [1.82, 2.24) is 9.88 Å². The van der Waals surface area contributed by atoms with Gasteiger partial charge in [-0.3, -0.25) is 0 Å². The molecule has 104 valence electrons. The van der Waals surface area contributed by atoms with Crippen LogP contribution in [0.3, 0.4) is 0 Å². The Bertz CT molecular complexity index is 355. The first-order chi connectivity index (χ1) is 8.23. The van der Waals surface area contributed by atoms with Gasteiger partial charge in [-0.2, -0.15) is 0 Å². The van der Waals surface area contributed by atoms with E-state index >= 15 is 0 Å². The van der Waals surface area contributed by atoms with Crippen LogP contribution in [-0.4, -0.2) is 10.1 Å². The molecular weight excluding hydrogens is 220 g/mol. The Balaban J connectivity index is 2.56. The highest BCUT2D eigenvalue weighted by Crippen LogP contribution is 2.27. The van der Waals surface area contributed by atoms with E-state index in [-0.39, 0.29) is 5.54 Å². The second-order valence-electron chi connectivity index (χ2n) is 7.17. The molecule has 0 fully saturated rings. The lowest BCUT2D eigenvalue weighted by Gasteiger charge is -2.33. The Kier molecular flexibility index (Phi) is 5.03. The van der Waals surface area contributed by atoms with Gasteiger partial charge in [-0.05, 0) is 44.2 Å². The molecule has 0 bridgehead atoms. The van der Waals surface area contributed by atoms with Crippen molar-refractivity contribution in [2.24, 2.45) is 5.41 Å². The molecule has 1 N–H and O–H groups in total. The molecule has 0 spiro atoms. The van der Waals surface area contributed by atoms with Gasteiger partial charge in [0.05, 0.1) is 0 Å². The molecule has 0 aliphatic rings. The fourth-order valence-corrected chi connectivity index (χ4v) is 2.79. The van der Waals surface area contributed by atoms with Crippen molar-refractivity contribution in [3.63, 3.8) is 0 Å². The number of rotatable bonds is 6. The SMILES string of the molecule is CCCn1cccc1CNC(C)(C)CC(C)(C)C. The van der Waals surface area contributed by atoms with Crippen LogP contribution in [0.25, 0.3) is 0 Å². The lowest BCUT2D eigenvalue weighted by atomic mass is 9.82. The van der Waals surface area contributed by atoms with E-state index in [0.717, 1.165) is 13.1 Å². The summed E-state index contributed by atoms with van der Waals surface area (Å²) in [6.45, 7) is 15.8. The normalized spacial score (nSPS) is 13.0. The van der Waals surface area contributed by atoms with Crippen molar-refractivity contribution in [3.8, 4) is 0 Å². The van der Waals surface area contributed by atoms with Crippen LogP contribution in [0.15, 0.2) is 18.3 Å². The lowest BCUT2D eigenvalue weighted by Crippen LogP contribution is -2.42. The lowest BCUT2D eigenvalue weighted by molar-refractivity contribution is 0.239. The van der Waals surface area contributed by atoms with Crippen LogP contribution in [0.1, 0.15) is 60.1 Å². The third-order valence-electron chi connectivity index (χ3n) is 3.11. The monoisotopic (exact) mass is 250 g/mol. The largest absolute Gasteiger partial charge is 0.350 e. The maximum Gasteiger partial charge on any atom is 0.0363 e. The van der Waals surface area contributed by atoms with Gasteiger partial charge in [-0.25, -0.2) is 0 Å². The molecule has 0 saturated carbocycles. The number of hydrogen-bond donors (Lipinski definition) is 1. The number of nitrogens with zero attached hydrogens (tertiary/aromatic N) is 1. The van der Waals surface area contributed by atoms with Crippen LogP contribution in [0, 0.1) is 5.41 Å². The summed E-state index contributed by atoms with van der Waals surface area (Å²) in [6, 6.07) is 4.36. The van der Waals surface area contributed by atoms with E-state index in [1.54, 1.807) is 0 Å². The Morgan fingerprint density at radius 2 is 1.83 bits per heavy atom. The highest BCUT2D eigenvalue weighted by molar-refractivity contribution is 5.07. The minimum Gasteiger partial charge on any atom is -0.350 e. The van der Waals surface area contributed by atoms with Gasteiger partial charge in [0.2, 0.25) is 0 Å². The van der Waals surface area contributed by atoms with Crippen LogP contribution in [-0.2, 0) is 13.1 Å². The first-order valence-corrected chi connectivity index (χ1v) is 7.12. The molecule has 1 aromatic heterocycles. The van der Waals surface area contributed by atoms with Gasteiger partial charge in [0.15, 0.2) is 0 Å². The van der Waals surface area contributed by atoms with Crippen LogP contribution < -0.4 is 5.32 Å². The van der Waals surface area contributed by atoms with E-state index in [0.29, 0.717) is 5.41 Å². The quantitative estimate of drug-likeness (QED) is 0.800. The molecule has 0 aromatic carbocycles. The highest BCUT2D eigenvalue weighted by atomic mass is 15.0. The summed E-state index contributed by atoms with van der Waals surface area (Å²) in [4.78, 5) is 0. The summed E-state index contributed by atoms with van der Waals surface area (Å²) in [5.74, 6) is 0. The zero-order chi connectivity index (χ0) is 13.8. The Morgan fingerprint density at radius 1 is 1.17 bits per heavy atom. The van der Waals surface area contributed by atoms with E-state index in [4.69, 9.17) is 0 Å². The summed E-state index contributed by atoms with van der Waals surface area (Å²) in [7, 11) is 0. The number of hydrogen-bond acceptors (Lipinski definition) is 1. The molecule has 1 heterocycles. The standard InChI is InChI=1S/C16H30N2/c1-7-10-18-11-8-9-14(18)12-17-16(5,6)13-15(2,3)4/h8-9,11,17H,7,10,12-13H2,1-6H3. The third-order valence-corrected chi connectivity index (χ3v) is 3.11. The average molecular weight is 250 g/mol. The van der Waals surface area contributed by atoms with Gasteiger partial charge in [0, 0.05) is 30.5 Å². The van der Waals surface area contributed by atoms with Crippen molar-refractivity contribution < 1.29 is 0 Å². The maximum absolute atomic E-state index is 3.70. The average Bonchev–Trinajstić information content (AvgIpc) is 2.59. The molecular formula is C16H30N2. The molecule has 0 atom stereocenters. The topological polar surface area (TPSA) is 17.0 Å². The van der Waals surface area contributed by atoms with E-state index < -0.39 is 0 Å². The van der Waals surface area contributed by atoms with Gasteiger partial charge in [-0.1, -0.05) is 27.7 Å². The van der Waals surface area contributed by atoms with Crippen LogP contribution in [0.5, 0.6) is 0 Å². The van der Waals surface area contributed by atoms with Crippen molar-refractivity contribution in [3.05, 3.63) is 24.0 Å². The Hall–Kier alpha value is -0.760. The summed E-state index contributed by atoms with van der Waals surface area (Å²) in [5, 5.41) is 3.70. The molecule has 2 heteroatoms. The molecule has 0 amide bonds. The zero-order valence-corrected chi connectivity index (χ0v) is 13.0. The molecule has 0 radical (unpaired) electrons. The predicted molar refractivity (Wildman–Crippen MR) is 79.7 cm³/mol. The predicted octanol–water partition coefficient (Wildman–Crippen LogP) is 4.20. The first-order valence-electron chi connectivity index (χ1n) is 7.12. The highest BCUT2D eigenvalue weighted by Gasteiger charge is 2.24. The van der Waals surface area contributed by atoms with Crippen molar-refractivity contribution in [1.29, 1.82) is 0 Å². The van der Waals surface area contributed by atoms with E-state index in [2.05, 4.69) is 69.8 Å². The molecule has 1 rings (SSSR count). The molecule has 0 aliphatic carbocycles. The zero-order valence-electron chi connectivity index (χ0n) is 13.0. The Morgan fingerprint density at radius 3 is 2.39 bits per heavy atom. The van der Waals surface area contributed by atoms with Crippen molar-refractivity contribution in [2.75, 3.05) is 0 Å². The minimum absolute atomic E-state index is 0.180. The number of aryl methyl sites for hydroxylation is 1. The summed E-state index contributed by atoms with van der Waals surface area (Å²) in [6.07, 6.45) is 4.54. The fourth-order valence-electron chi connectivity index (χ4n) is 2.79. The number of nitrogens with one attached hydrogen (secondary N) is 1. The van der Waals surface area contributed by atoms with Gasteiger partial charge < -0.3 is 9.88 Å². The summed E-state index contributed by atoms with van der Waals surface area (Å²) >= 11 is 0. The second kappa shape index (κ2) is 5.92. The molecule has 2 nitrogen and oxygen atoms in total. The van der Waals surface area contributed by atoms with Crippen LogP contribution in [0.4, 0.5) is 0 Å². The first kappa shape index (κ1) is 15.3.